The van der Waals surface area contributed by atoms with E-state index >= 15 is 0 Å². The molecule has 1 aromatic carbocycles. The molecule has 0 atom stereocenters. The Hall–Kier alpha value is -1.20. The highest BCUT2D eigenvalue weighted by atomic mass is 32.2. The molecule has 0 bridgehead atoms. The normalized spacial score (nSPS) is 12.1. The highest BCUT2D eigenvalue weighted by molar-refractivity contribution is 7.98. The number of aryl methyl sites for hydroxylation is 1. The standard InChI is InChI=1S/C12H17NS.C4H8O3.C2H6/c1-14-10-9-13-8-4-6-11-5-2-3-7-12(11)13;1-6-3-4(5)7-2;1-2/h2-3,5,7H,4,6,8-10H2,1H3;3H2,1-2H3;1-2H3. The van der Waals surface area contributed by atoms with Crippen molar-refractivity contribution in [2.45, 2.75) is 26.7 Å². The Bertz CT molecular complexity index is 426. The Balaban J connectivity index is 0.000000460. The van der Waals surface area contributed by atoms with E-state index in [-0.39, 0.29) is 12.6 Å². The van der Waals surface area contributed by atoms with Gasteiger partial charge in [0.2, 0.25) is 0 Å². The quantitative estimate of drug-likeness (QED) is 0.765. The summed E-state index contributed by atoms with van der Waals surface area (Å²) in [4.78, 5) is 12.6. The summed E-state index contributed by atoms with van der Waals surface area (Å²) in [6.07, 6.45) is 4.74. The van der Waals surface area contributed by atoms with Crippen LogP contribution in [0.5, 0.6) is 0 Å². The molecule has 1 aliphatic rings. The second-order valence-electron chi connectivity index (χ2n) is 4.72. The highest BCUT2D eigenvalue weighted by Crippen LogP contribution is 2.26. The van der Waals surface area contributed by atoms with E-state index < -0.39 is 0 Å². The van der Waals surface area contributed by atoms with E-state index in [1.54, 1.807) is 0 Å². The summed E-state index contributed by atoms with van der Waals surface area (Å²) < 4.78 is 8.65. The van der Waals surface area contributed by atoms with Gasteiger partial charge in [-0.2, -0.15) is 11.8 Å². The molecule has 132 valence electrons. The number of nitrogens with zero attached hydrogens (tertiary/aromatic N) is 1. The molecular formula is C18H31NO3S. The van der Waals surface area contributed by atoms with E-state index in [9.17, 15) is 4.79 Å². The van der Waals surface area contributed by atoms with Crippen molar-refractivity contribution in [2.75, 3.05) is 50.8 Å². The second kappa shape index (κ2) is 14.4. The van der Waals surface area contributed by atoms with Crippen molar-refractivity contribution in [3.63, 3.8) is 0 Å². The number of carbonyl (C=O) groups is 1. The fourth-order valence-electron chi connectivity index (χ4n) is 2.22. The maximum Gasteiger partial charge on any atom is 0.331 e. The maximum atomic E-state index is 10.1. The van der Waals surface area contributed by atoms with Crippen molar-refractivity contribution in [3.05, 3.63) is 29.8 Å². The van der Waals surface area contributed by atoms with Crippen LogP contribution in [0.2, 0.25) is 0 Å². The van der Waals surface area contributed by atoms with Crippen LogP contribution in [0.15, 0.2) is 24.3 Å². The van der Waals surface area contributed by atoms with E-state index in [1.165, 1.54) is 57.2 Å². The fourth-order valence-corrected chi connectivity index (χ4v) is 2.63. The van der Waals surface area contributed by atoms with Gasteiger partial charge in [-0.15, -0.1) is 0 Å². The van der Waals surface area contributed by atoms with Gasteiger partial charge < -0.3 is 14.4 Å². The minimum Gasteiger partial charge on any atom is -0.467 e. The Morgan fingerprint density at radius 2 is 1.96 bits per heavy atom. The number of carbonyl (C=O) groups excluding carboxylic acids is 1. The molecule has 0 fully saturated rings. The molecule has 0 N–H and O–H groups in total. The molecule has 4 nitrogen and oxygen atoms in total. The smallest absolute Gasteiger partial charge is 0.331 e. The average Bonchev–Trinajstić information content (AvgIpc) is 2.62. The number of anilines is 1. The van der Waals surface area contributed by atoms with E-state index in [2.05, 4.69) is 44.9 Å². The first kappa shape index (κ1) is 21.8. The van der Waals surface area contributed by atoms with E-state index in [4.69, 9.17) is 0 Å². The number of thioether (sulfide) groups is 1. The summed E-state index contributed by atoms with van der Waals surface area (Å²) in [6.45, 7) is 6.46. The first-order valence-corrected chi connectivity index (χ1v) is 9.49. The predicted octanol–water partition coefficient (Wildman–Crippen LogP) is 3.63. The van der Waals surface area contributed by atoms with E-state index in [0.717, 1.165) is 0 Å². The molecule has 23 heavy (non-hydrogen) atoms. The fraction of sp³-hybridized carbons (Fsp3) is 0.611. The van der Waals surface area contributed by atoms with Crippen LogP contribution in [0.3, 0.4) is 0 Å². The molecule has 0 amide bonds. The van der Waals surface area contributed by atoms with Gasteiger partial charge >= 0.3 is 5.97 Å². The van der Waals surface area contributed by atoms with Crippen LogP contribution >= 0.6 is 11.8 Å². The van der Waals surface area contributed by atoms with Crippen molar-refractivity contribution < 1.29 is 14.3 Å². The van der Waals surface area contributed by atoms with Gasteiger partial charge in [-0.25, -0.2) is 4.79 Å². The number of ether oxygens (including phenoxy) is 2. The lowest BCUT2D eigenvalue weighted by atomic mass is 10.0. The largest absolute Gasteiger partial charge is 0.467 e. The summed E-state index contributed by atoms with van der Waals surface area (Å²) in [5.74, 6) is 0.886. The summed E-state index contributed by atoms with van der Waals surface area (Å²) in [5, 5.41) is 0. The Morgan fingerprint density at radius 1 is 1.26 bits per heavy atom. The highest BCUT2D eigenvalue weighted by Gasteiger charge is 2.14. The van der Waals surface area contributed by atoms with Crippen molar-refractivity contribution in [3.8, 4) is 0 Å². The number of hydrogen-bond donors (Lipinski definition) is 0. The van der Waals surface area contributed by atoms with Gasteiger partial charge in [0, 0.05) is 31.6 Å². The number of esters is 1. The molecule has 1 aromatic rings. The van der Waals surface area contributed by atoms with E-state index in [0.29, 0.717) is 0 Å². The van der Waals surface area contributed by atoms with E-state index in [1.807, 2.05) is 25.6 Å². The molecule has 5 heteroatoms. The van der Waals surface area contributed by atoms with Crippen molar-refractivity contribution in [2.24, 2.45) is 0 Å². The maximum absolute atomic E-state index is 10.1. The molecule has 0 aliphatic carbocycles. The third-order valence-electron chi connectivity index (χ3n) is 3.26. The minimum absolute atomic E-state index is 0.0382. The lowest BCUT2D eigenvalue weighted by molar-refractivity contribution is -0.144. The summed E-state index contributed by atoms with van der Waals surface area (Å²) in [7, 11) is 2.76. The van der Waals surface area contributed by atoms with Crippen molar-refractivity contribution in [1.82, 2.24) is 0 Å². The van der Waals surface area contributed by atoms with Crippen LogP contribution in [0.25, 0.3) is 0 Å². The van der Waals surface area contributed by atoms with Gasteiger partial charge in [0.05, 0.1) is 7.11 Å². The third-order valence-corrected chi connectivity index (χ3v) is 3.85. The lowest BCUT2D eigenvalue weighted by Gasteiger charge is -2.31. The zero-order chi connectivity index (χ0) is 17.5. The molecule has 0 saturated heterocycles. The summed E-state index contributed by atoms with van der Waals surface area (Å²) in [6, 6.07) is 8.82. The topological polar surface area (TPSA) is 38.8 Å². The first-order valence-electron chi connectivity index (χ1n) is 8.10. The van der Waals surface area contributed by atoms with Gasteiger partial charge in [-0.3, -0.25) is 0 Å². The lowest BCUT2D eigenvalue weighted by Crippen LogP contribution is -2.31. The number of rotatable bonds is 5. The molecule has 0 aromatic heterocycles. The van der Waals surface area contributed by atoms with Crippen LogP contribution in [0.1, 0.15) is 25.8 Å². The number of fused-ring (bicyclic) bond motifs is 1. The summed E-state index contributed by atoms with van der Waals surface area (Å²) in [5.41, 5.74) is 2.99. The van der Waals surface area contributed by atoms with Gasteiger partial charge in [0.15, 0.2) is 0 Å². The van der Waals surface area contributed by atoms with Gasteiger partial charge in [0.25, 0.3) is 0 Å². The number of methoxy groups -OCH3 is 2. The average molecular weight is 342 g/mol. The Labute approximate surface area is 145 Å². The van der Waals surface area contributed by atoms with Crippen molar-refractivity contribution >= 4 is 23.4 Å². The molecule has 0 saturated carbocycles. The predicted molar refractivity (Wildman–Crippen MR) is 101 cm³/mol. The molecule has 0 unspecified atom stereocenters. The monoisotopic (exact) mass is 341 g/mol. The van der Waals surface area contributed by atoms with Gasteiger partial charge in [0.1, 0.15) is 6.61 Å². The van der Waals surface area contributed by atoms with Crippen LogP contribution in [-0.2, 0) is 20.7 Å². The van der Waals surface area contributed by atoms with Crippen LogP contribution < -0.4 is 4.90 Å². The van der Waals surface area contributed by atoms with Crippen LogP contribution in [0.4, 0.5) is 5.69 Å². The van der Waals surface area contributed by atoms with Gasteiger partial charge in [-0.05, 0) is 30.7 Å². The third kappa shape index (κ3) is 8.86. The molecule has 0 radical (unpaired) electrons. The molecular weight excluding hydrogens is 310 g/mol. The van der Waals surface area contributed by atoms with Crippen molar-refractivity contribution in [1.29, 1.82) is 0 Å². The first-order chi connectivity index (χ1) is 11.2. The Kier molecular flexibility index (Phi) is 13.6. The summed E-state index contributed by atoms with van der Waals surface area (Å²) >= 11 is 1.93. The number of para-hydroxylation sites is 1. The molecule has 2 rings (SSSR count). The van der Waals surface area contributed by atoms with Gasteiger partial charge in [-0.1, -0.05) is 32.0 Å². The zero-order valence-corrected chi connectivity index (χ0v) is 15.9. The number of benzene rings is 1. The van der Waals surface area contributed by atoms with Crippen LogP contribution in [0, 0.1) is 0 Å². The van der Waals surface area contributed by atoms with Crippen LogP contribution in [-0.4, -0.2) is 51.9 Å². The SMILES string of the molecule is CC.COCC(=O)OC.CSCCN1CCCc2ccccc21. The molecule has 0 spiro atoms. The second-order valence-corrected chi connectivity index (χ2v) is 5.71. The number of hydrogen-bond acceptors (Lipinski definition) is 5. The minimum atomic E-state index is -0.345. The zero-order valence-electron chi connectivity index (χ0n) is 15.1. The molecule has 1 heterocycles. The Morgan fingerprint density at radius 3 is 2.52 bits per heavy atom. The molecule has 1 aliphatic heterocycles.